The molecule has 3 nitrogen and oxygen atoms in total. The standard InChI is InChI=1S/C12H16O3/c1-12(11(7-13)15-12)9-14-8-10-5-3-2-4-6-10/h2-6,11,13H,7-9H2,1H3/t11-,12-/m1/s1. The molecule has 2 rings (SSSR count). The van der Waals surface area contributed by atoms with E-state index in [9.17, 15) is 0 Å². The fourth-order valence-electron chi connectivity index (χ4n) is 1.59. The first kappa shape index (κ1) is 10.6. The zero-order valence-corrected chi connectivity index (χ0v) is 8.85. The van der Waals surface area contributed by atoms with E-state index < -0.39 is 0 Å². The van der Waals surface area contributed by atoms with Crippen LogP contribution in [0.1, 0.15) is 12.5 Å². The summed E-state index contributed by atoms with van der Waals surface area (Å²) in [6.45, 7) is 3.16. The highest BCUT2D eigenvalue weighted by Gasteiger charge is 2.51. The van der Waals surface area contributed by atoms with E-state index in [1.807, 2.05) is 37.3 Å². The molecule has 82 valence electrons. The lowest BCUT2D eigenvalue weighted by Gasteiger charge is -2.07. The number of ether oxygens (including phenoxy) is 2. The first-order chi connectivity index (χ1) is 7.24. The number of aliphatic hydroxyl groups excluding tert-OH is 1. The van der Waals surface area contributed by atoms with E-state index in [1.165, 1.54) is 0 Å². The molecule has 0 spiro atoms. The molecular weight excluding hydrogens is 192 g/mol. The number of benzene rings is 1. The highest BCUT2D eigenvalue weighted by Crippen LogP contribution is 2.35. The number of aliphatic hydroxyl groups is 1. The molecule has 1 aliphatic rings. The van der Waals surface area contributed by atoms with Crippen molar-refractivity contribution in [3.05, 3.63) is 35.9 Å². The second-order valence-electron chi connectivity index (χ2n) is 4.08. The summed E-state index contributed by atoms with van der Waals surface area (Å²) in [5.74, 6) is 0. The maximum Gasteiger partial charge on any atom is 0.118 e. The molecule has 2 atom stereocenters. The molecule has 0 aromatic heterocycles. The Labute approximate surface area is 89.6 Å². The highest BCUT2D eigenvalue weighted by atomic mass is 16.6. The van der Waals surface area contributed by atoms with Gasteiger partial charge in [0.25, 0.3) is 0 Å². The van der Waals surface area contributed by atoms with Crippen LogP contribution in [-0.4, -0.2) is 30.0 Å². The first-order valence-electron chi connectivity index (χ1n) is 5.15. The van der Waals surface area contributed by atoms with Gasteiger partial charge >= 0.3 is 0 Å². The van der Waals surface area contributed by atoms with Crippen LogP contribution in [0, 0.1) is 0 Å². The average Bonchev–Trinajstić information content (AvgIpc) is 2.91. The predicted molar refractivity (Wildman–Crippen MR) is 56.5 cm³/mol. The van der Waals surface area contributed by atoms with Gasteiger partial charge in [-0.1, -0.05) is 30.3 Å². The lowest BCUT2D eigenvalue weighted by atomic mass is 10.1. The van der Waals surface area contributed by atoms with E-state index in [1.54, 1.807) is 0 Å². The van der Waals surface area contributed by atoms with Crippen molar-refractivity contribution in [1.29, 1.82) is 0 Å². The van der Waals surface area contributed by atoms with Gasteiger partial charge in [-0.15, -0.1) is 0 Å². The summed E-state index contributed by atoms with van der Waals surface area (Å²) >= 11 is 0. The van der Waals surface area contributed by atoms with Crippen LogP contribution in [0.3, 0.4) is 0 Å². The molecular formula is C12H16O3. The Morgan fingerprint density at radius 1 is 1.40 bits per heavy atom. The summed E-state index contributed by atoms with van der Waals surface area (Å²) in [7, 11) is 0. The van der Waals surface area contributed by atoms with Crippen LogP contribution >= 0.6 is 0 Å². The van der Waals surface area contributed by atoms with Gasteiger partial charge < -0.3 is 14.6 Å². The van der Waals surface area contributed by atoms with Gasteiger partial charge in [0.05, 0.1) is 19.8 Å². The van der Waals surface area contributed by atoms with Gasteiger partial charge in [-0.3, -0.25) is 0 Å². The molecule has 15 heavy (non-hydrogen) atoms. The molecule has 0 amide bonds. The van der Waals surface area contributed by atoms with Gasteiger partial charge in [0.2, 0.25) is 0 Å². The smallest absolute Gasteiger partial charge is 0.118 e. The SMILES string of the molecule is C[C@]1(COCc2ccccc2)O[C@@H]1CO. The zero-order valence-electron chi connectivity index (χ0n) is 8.85. The molecule has 1 aromatic carbocycles. The van der Waals surface area contributed by atoms with Crippen molar-refractivity contribution in [2.24, 2.45) is 0 Å². The third-order valence-corrected chi connectivity index (χ3v) is 2.70. The summed E-state index contributed by atoms with van der Waals surface area (Å²) in [5, 5.41) is 8.88. The minimum absolute atomic E-state index is 0.0479. The van der Waals surface area contributed by atoms with Crippen molar-refractivity contribution >= 4 is 0 Å². The fourth-order valence-corrected chi connectivity index (χ4v) is 1.59. The third-order valence-electron chi connectivity index (χ3n) is 2.70. The zero-order chi connectivity index (χ0) is 10.7. The Morgan fingerprint density at radius 2 is 2.13 bits per heavy atom. The van der Waals surface area contributed by atoms with Gasteiger partial charge in [-0.05, 0) is 12.5 Å². The molecule has 0 aliphatic carbocycles. The van der Waals surface area contributed by atoms with Crippen LogP contribution < -0.4 is 0 Å². The summed E-state index contributed by atoms with van der Waals surface area (Å²) in [6.07, 6.45) is -0.0479. The van der Waals surface area contributed by atoms with Crippen molar-refractivity contribution in [2.45, 2.75) is 25.2 Å². The minimum atomic E-state index is -0.274. The minimum Gasteiger partial charge on any atom is -0.394 e. The molecule has 3 heteroatoms. The van der Waals surface area contributed by atoms with E-state index in [4.69, 9.17) is 14.6 Å². The lowest BCUT2D eigenvalue weighted by molar-refractivity contribution is 0.0742. The van der Waals surface area contributed by atoms with E-state index >= 15 is 0 Å². The number of hydrogen-bond donors (Lipinski definition) is 1. The van der Waals surface area contributed by atoms with E-state index in [0.29, 0.717) is 13.2 Å². The van der Waals surface area contributed by atoms with Gasteiger partial charge in [-0.2, -0.15) is 0 Å². The van der Waals surface area contributed by atoms with Crippen LogP contribution in [0.5, 0.6) is 0 Å². The normalized spacial score (nSPS) is 29.1. The monoisotopic (exact) mass is 208 g/mol. The molecule has 0 bridgehead atoms. The summed E-state index contributed by atoms with van der Waals surface area (Å²) in [5.41, 5.74) is 0.881. The Balaban J connectivity index is 1.72. The Kier molecular flexibility index (Phi) is 3.05. The molecule has 1 aliphatic heterocycles. The van der Waals surface area contributed by atoms with Gasteiger partial charge in [0.15, 0.2) is 0 Å². The van der Waals surface area contributed by atoms with Gasteiger partial charge in [-0.25, -0.2) is 0 Å². The molecule has 0 radical (unpaired) electrons. The quantitative estimate of drug-likeness (QED) is 0.743. The third kappa shape index (κ3) is 2.56. The summed E-state index contributed by atoms with van der Waals surface area (Å²) < 4.78 is 10.9. The van der Waals surface area contributed by atoms with Crippen LogP contribution in [-0.2, 0) is 16.1 Å². The van der Waals surface area contributed by atoms with Gasteiger partial charge in [0, 0.05) is 0 Å². The first-order valence-corrected chi connectivity index (χ1v) is 5.15. The van der Waals surface area contributed by atoms with Crippen molar-refractivity contribution in [3.63, 3.8) is 0 Å². The number of rotatable bonds is 5. The highest BCUT2D eigenvalue weighted by molar-refractivity contribution is 5.13. The summed E-state index contributed by atoms with van der Waals surface area (Å²) in [4.78, 5) is 0. The van der Waals surface area contributed by atoms with E-state index in [2.05, 4.69) is 0 Å². The van der Waals surface area contributed by atoms with Crippen molar-refractivity contribution in [2.75, 3.05) is 13.2 Å². The second kappa shape index (κ2) is 4.31. The Bertz CT molecular complexity index is 312. The van der Waals surface area contributed by atoms with Crippen molar-refractivity contribution in [3.8, 4) is 0 Å². The van der Waals surface area contributed by atoms with Crippen LogP contribution in [0.15, 0.2) is 30.3 Å². The van der Waals surface area contributed by atoms with Crippen LogP contribution in [0.4, 0.5) is 0 Å². The Morgan fingerprint density at radius 3 is 2.73 bits per heavy atom. The van der Waals surface area contributed by atoms with E-state index in [0.717, 1.165) is 5.56 Å². The maximum atomic E-state index is 8.88. The summed E-state index contributed by atoms with van der Waals surface area (Å²) in [6, 6.07) is 10.0. The van der Waals surface area contributed by atoms with Gasteiger partial charge in [0.1, 0.15) is 11.7 Å². The predicted octanol–water partition coefficient (Wildman–Crippen LogP) is 1.35. The van der Waals surface area contributed by atoms with Crippen LogP contribution in [0.2, 0.25) is 0 Å². The largest absolute Gasteiger partial charge is 0.394 e. The maximum absolute atomic E-state index is 8.88. The topological polar surface area (TPSA) is 42.0 Å². The molecule has 1 aromatic rings. The molecule has 1 saturated heterocycles. The number of epoxide rings is 1. The lowest BCUT2D eigenvalue weighted by Crippen LogP contribution is -2.20. The van der Waals surface area contributed by atoms with Crippen LogP contribution in [0.25, 0.3) is 0 Å². The molecule has 1 N–H and O–H groups in total. The van der Waals surface area contributed by atoms with E-state index in [-0.39, 0.29) is 18.3 Å². The van der Waals surface area contributed by atoms with Crippen molar-refractivity contribution in [1.82, 2.24) is 0 Å². The molecule has 0 unspecified atom stereocenters. The molecule has 1 fully saturated rings. The Hall–Kier alpha value is -0.900. The van der Waals surface area contributed by atoms with Crippen molar-refractivity contribution < 1.29 is 14.6 Å². The molecule has 0 saturated carbocycles. The second-order valence-corrected chi connectivity index (χ2v) is 4.08. The molecule has 1 heterocycles. The number of hydrogen-bond acceptors (Lipinski definition) is 3. The fraction of sp³-hybridized carbons (Fsp3) is 0.500. The average molecular weight is 208 g/mol.